The molecular weight excluding hydrogens is 244 g/mol. The molecule has 0 spiro atoms. The highest BCUT2D eigenvalue weighted by Gasteiger charge is 2.40. The lowest BCUT2D eigenvalue weighted by molar-refractivity contribution is -0.145. The molecule has 3 N–H and O–H groups in total. The molecule has 4 atom stereocenters. The fourth-order valence-electron chi connectivity index (χ4n) is 3.68. The lowest BCUT2D eigenvalue weighted by Crippen LogP contribution is -2.56. The Hall–Kier alpha value is -1.10. The second-order valence-electron chi connectivity index (χ2n) is 6.02. The van der Waals surface area contributed by atoms with E-state index in [1.165, 1.54) is 12.8 Å². The Labute approximate surface area is 114 Å². The summed E-state index contributed by atoms with van der Waals surface area (Å²) in [7, 11) is 0. The van der Waals surface area contributed by atoms with Crippen LogP contribution in [0.4, 0.5) is 0 Å². The van der Waals surface area contributed by atoms with Crippen molar-refractivity contribution in [2.75, 3.05) is 6.54 Å². The molecule has 19 heavy (non-hydrogen) atoms. The van der Waals surface area contributed by atoms with Gasteiger partial charge in [-0.05, 0) is 31.1 Å². The number of hydrogen-bond acceptors (Lipinski definition) is 3. The van der Waals surface area contributed by atoms with Crippen LogP contribution < -0.4 is 5.73 Å². The van der Waals surface area contributed by atoms with Crippen molar-refractivity contribution in [3.63, 3.8) is 0 Å². The SMILES string of the molecule is CC1CCN(C(=O)C(N)CC(=O)O)C2CCCCC12. The largest absolute Gasteiger partial charge is 0.481 e. The van der Waals surface area contributed by atoms with Gasteiger partial charge in [0.15, 0.2) is 0 Å². The van der Waals surface area contributed by atoms with Gasteiger partial charge in [-0.25, -0.2) is 0 Å². The number of fused-ring (bicyclic) bond motifs is 1. The molecule has 1 heterocycles. The Morgan fingerprint density at radius 1 is 1.32 bits per heavy atom. The molecule has 1 aliphatic heterocycles. The van der Waals surface area contributed by atoms with Crippen molar-refractivity contribution < 1.29 is 14.7 Å². The van der Waals surface area contributed by atoms with Gasteiger partial charge in [-0.1, -0.05) is 19.8 Å². The molecule has 0 aromatic carbocycles. The highest BCUT2D eigenvalue weighted by atomic mass is 16.4. The number of carbonyl (C=O) groups excluding carboxylic acids is 1. The van der Waals surface area contributed by atoms with Gasteiger partial charge < -0.3 is 15.7 Å². The monoisotopic (exact) mass is 268 g/mol. The first-order valence-corrected chi connectivity index (χ1v) is 7.28. The van der Waals surface area contributed by atoms with Crippen LogP contribution in [0.1, 0.15) is 45.4 Å². The summed E-state index contributed by atoms with van der Waals surface area (Å²) in [6.07, 6.45) is 5.36. The quantitative estimate of drug-likeness (QED) is 0.806. The summed E-state index contributed by atoms with van der Waals surface area (Å²) in [5.41, 5.74) is 5.73. The van der Waals surface area contributed by atoms with Crippen LogP contribution in [0.3, 0.4) is 0 Å². The van der Waals surface area contributed by atoms with E-state index >= 15 is 0 Å². The molecule has 1 aliphatic carbocycles. The van der Waals surface area contributed by atoms with Gasteiger partial charge in [0.05, 0.1) is 12.5 Å². The summed E-state index contributed by atoms with van der Waals surface area (Å²) in [5.74, 6) is 0.0474. The topological polar surface area (TPSA) is 83.6 Å². The second-order valence-corrected chi connectivity index (χ2v) is 6.02. The maximum Gasteiger partial charge on any atom is 0.305 e. The lowest BCUT2D eigenvalue weighted by atomic mass is 9.72. The number of rotatable bonds is 3. The van der Waals surface area contributed by atoms with E-state index in [-0.39, 0.29) is 18.4 Å². The predicted octanol–water partition coefficient (Wildman–Crippen LogP) is 1.22. The van der Waals surface area contributed by atoms with Gasteiger partial charge in [0.25, 0.3) is 0 Å². The first kappa shape index (κ1) is 14.3. The van der Waals surface area contributed by atoms with E-state index < -0.39 is 12.0 Å². The molecule has 2 rings (SSSR count). The lowest BCUT2D eigenvalue weighted by Gasteiger charge is -2.47. The number of aliphatic carboxylic acids is 1. The molecule has 0 aromatic rings. The molecular formula is C14H24N2O3. The number of amides is 1. The first-order chi connectivity index (χ1) is 9.00. The van der Waals surface area contributed by atoms with Crippen molar-refractivity contribution in [3.8, 4) is 0 Å². The molecule has 5 nitrogen and oxygen atoms in total. The van der Waals surface area contributed by atoms with Crippen LogP contribution in [0.15, 0.2) is 0 Å². The summed E-state index contributed by atoms with van der Waals surface area (Å²) in [5, 5.41) is 8.75. The second kappa shape index (κ2) is 5.90. The zero-order chi connectivity index (χ0) is 14.0. The molecule has 4 unspecified atom stereocenters. The van der Waals surface area contributed by atoms with Crippen molar-refractivity contribution in [1.82, 2.24) is 4.90 Å². The van der Waals surface area contributed by atoms with E-state index in [1.807, 2.05) is 4.90 Å². The van der Waals surface area contributed by atoms with Gasteiger partial charge in [0.1, 0.15) is 0 Å². The minimum absolute atomic E-state index is 0.175. The normalized spacial score (nSPS) is 32.5. The van der Waals surface area contributed by atoms with E-state index in [4.69, 9.17) is 10.8 Å². The average molecular weight is 268 g/mol. The molecule has 1 saturated heterocycles. The number of carboxylic acid groups (broad SMARTS) is 1. The number of nitrogens with two attached hydrogens (primary N) is 1. The van der Waals surface area contributed by atoms with E-state index in [0.29, 0.717) is 11.8 Å². The third-order valence-corrected chi connectivity index (χ3v) is 4.73. The standard InChI is InChI=1S/C14H24N2O3/c1-9-6-7-16(12-5-3-2-4-10(9)12)14(19)11(15)8-13(17)18/h9-12H,2-8,15H2,1H3,(H,17,18). The molecule has 0 bridgehead atoms. The zero-order valence-electron chi connectivity index (χ0n) is 11.5. The molecule has 1 saturated carbocycles. The number of carboxylic acids is 1. The Bertz CT molecular complexity index is 359. The third kappa shape index (κ3) is 3.08. The molecule has 108 valence electrons. The van der Waals surface area contributed by atoms with Crippen LogP contribution in [0, 0.1) is 11.8 Å². The van der Waals surface area contributed by atoms with E-state index in [0.717, 1.165) is 25.8 Å². The van der Waals surface area contributed by atoms with Crippen LogP contribution >= 0.6 is 0 Å². The van der Waals surface area contributed by atoms with E-state index in [9.17, 15) is 9.59 Å². The Morgan fingerprint density at radius 2 is 2.00 bits per heavy atom. The maximum atomic E-state index is 12.3. The van der Waals surface area contributed by atoms with Gasteiger partial charge in [-0.3, -0.25) is 9.59 Å². The van der Waals surface area contributed by atoms with E-state index in [2.05, 4.69) is 6.92 Å². The van der Waals surface area contributed by atoms with Crippen molar-refractivity contribution in [1.29, 1.82) is 0 Å². The van der Waals surface area contributed by atoms with Gasteiger partial charge in [-0.15, -0.1) is 0 Å². The fraction of sp³-hybridized carbons (Fsp3) is 0.857. The van der Waals surface area contributed by atoms with Gasteiger partial charge in [-0.2, -0.15) is 0 Å². The van der Waals surface area contributed by atoms with Gasteiger partial charge in [0.2, 0.25) is 5.91 Å². The molecule has 2 aliphatic rings. The van der Waals surface area contributed by atoms with Crippen molar-refractivity contribution in [2.45, 2.75) is 57.5 Å². The van der Waals surface area contributed by atoms with Crippen LogP contribution in [0.5, 0.6) is 0 Å². The van der Waals surface area contributed by atoms with Crippen molar-refractivity contribution >= 4 is 11.9 Å². The van der Waals surface area contributed by atoms with Crippen LogP contribution in [0.2, 0.25) is 0 Å². The summed E-state index contributed by atoms with van der Waals surface area (Å²) in [6, 6.07) is -0.613. The summed E-state index contributed by atoms with van der Waals surface area (Å²) < 4.78 is 0. The highest BCUT2D eigenvalue weighted by Crippen LogP contribution is 2.38. The first-order valence-electron chi connectivity index (χ1n) is 7.28. The van der Waals surface area contributed by atoms with Crippen molar-refractivity contribution in [2.24, 2.45) is 17.6 Å². The highest BCUT2D eigenvalue weighted by molar-refractivity contribution is 5.86. The van der Waals surface area contributed by atoms with Gasteiger partial charge in [0, 0.05) is 12.6 Å². The Balaban J connectivity index is 2.06. The number of hydrogen-bond donors (Lipinski definition) is 2. The molecule has 1 amide bonds. The Morgan fingerprint density at radius 3 is 2.68 bits per heavy atom. The zero-order valence-corrected chi connectivity index (χ0v) is 11.5. The third-order valence-electron chi connectivity index (χ3n) is 4.73. The molecule has 0 radical (unpaired) electrons. The van der Waals surface area contributed by atoms with Crippen molar-refractivity contribution in [3.05, 3.63) is 0 Å². The summed E-state index contributed by atoms with van der Waals surface area (Å²) in [4.78, 5) is 24.9. The number of carbonyl (C=O) groups is 2. The molecule has 5 heteroatoms. The van der Waals surface area contributed by atoms with E-state index in [1.54, 1.807) is 0 Å². The minimum atomic E-state index is -1.01. The number of piperidine rings is 1. The van der Waals surface area contributed by atoms with Crippen LogP contribution in [0.25, 0.3) is 0 Å². The van der Waals surface area contributed by atoms with Crippen LogP contribution in [-0.2, 0) is 9.59 Å². The number of nitrogens with zero attached hydrogens (tertiary/aromatic N) is 1. The Kier molecular flexibility index (Phi) is 4.45. The van der Waals surface area contributed by atoms with Crippen LogP contribution in [-0.4, -0.2) is 40.5 Å². The summed E-state index contributed by atoms with van der Waals surface area (Å²) >= 11 is 0. The van der Waals surface area contributed by atoms with Gasteiger partial charge >= 0.3 is 5.97 Å². The smallest absolute Gasteiger partial charge is 0.305 e. The molecule has 2 fully saturated rings. The number of likely N-dealkylation sites (tertiary alicyclic amines) is 1. The maximum absolute atomic E-state index is 12.3. The minimum Gasteiger partial charge on any atom is -0.481 e. The average Bonchev–Trinajstić information content (AvgIpc) is 2.38. The fourth-order valence-corrected chi connectivity index (χ4v) is 3.68. The predicted molar refractivity (Wildman–Crippen MR) is 71.5 cm³/mol. The molecule has 0 aromatic heterocycles. The summed E-state index contributed by atoms with van der Waals surface area (Å²) in [6.45, 7) is 3.00.